The van der Waals surface area contributed by atoms with Gasteiger partial charge < -0.3 is 9.84 Å². The lowest BCUT2D eigenvalue weighted by Crippen LogP contribution is -2.12. The van der Waals surface area contributed by atoms with E-state index in [9.17, 15) is 4.79 Å². The number of hydrogen-bond donors (Lipinski definition) is 1. The summed E-state index contributed by atoms with van der Waals surface area (Å²) >= 11 is 0. The van der Waals surface area contributed by atoms with Crippen molar-refractivity contribution in [2.24, 2.45) is 0 Å². The van der Waals surface area contributed by atoms with Crippen LogP contribution in [0.25, 0.3) is 5.70 Å². The second kappa shape index (κ2) is 4.30. The average molecular weight is 182 g/mol. The Balaban J connectivity index is 2.82. The fourth-order valence-electron chi connectivity index (χ4n) is 0.822. The van der Waals surface area contributed by atoms with E-state index in [4.69, 9.17) is 9.84 Å². The lowest BCUT2D eigenvalue weighted by Gasteiger charge is -2.04. The molecule has 1 rings (SSSR count). The molecule has 0 atom stereocenters. The van der Waals surface area contributed by atoms with Gasteiger partial charge in [0, 0.05) is 12.4 Å². The van der Waals surface area contributed by atoms with Crippen molar-refractivity contribution in [3.8, 4) is 0 Å². The smallest absolute Gasteiger partial charge is 0.360 e. The van der Waals surface area contributed by atoms with Crippen LogP contribution in [0, 0.1) is 0 Å². The summed E-state index contributed by atoms with van der Waals surface area (Å²) < 4.78 is 5.92. The van der Waals surface area contributed by atoms with E-state index >= 15 is 0 Å². The molecule has 0 spiro atoms. The van der Waals surface area contributed by atoms with Crippen LogP contribution in [0.5, 0.6) is 0 Å². The Morgan fingerprint density at radius 2 is 2.54 bits per heavy atom. The van der Waals surface area contributed by atoms with Gasteiger partial charge >= 0.3 is 5.97 Å². The molecule has 1 aromatic heterocycles. The van der Waals surface area contributed by atoms with Crippen LogP contribution in [-0.4, -0.2) is 27.5 Å². The summed E-state index contributed by atoms with van der Waals surface area (Å²) in [5.41, 5.74) is -0.00755. The van der Waals surface area contributed by atoms with Gasteiger partial charge in [0.1, 0.15) is 6.26 Å². The fraction of sp³-hybridized carbons (Fsp3) is 0.250. The Labute approximate surface area is 75.2 Å². The summed E-state index contributed by atoms with van der Waals surface area (Å²) in [6, 6.07) is 1.64. The average Bonchev–Trinajstić information content (AvgIpc) is 2.59. The molecule has 13 heavy (non-hydrogen) atoms. The van der Waals surface area contributed by atoms with Gasteiger partial charge in [-0.1, -0.05) is 0 Å². The molecule has 0 radical (unpaired) electrons. The number of aliphatic hydroxyl groups is 1. The van der Waals surface area contributed by atoms with Crippen molar-refractivity contribution in [2.75, 3.05) is 6.61 Å². The molecule has 0 aliphatic heterocycles. The van der Waals surface area contributed by atoms with E-state index in [1.807, 2.05) is 0 Å². The van der Waals surface area contributed by atoms with Crippen molar-refractivity contribution in [3.05, 3.63) is 24.7 Å². The van der Waals surface area contributed by atoms with Gasteiger partial charge in [0.2, 0.25) is 0 Å². The molecule has 0 unspecified atom stereocenters. The van der Waals surface area contributed by atoms with Crippen molar-refractivity contribution in [1.29, 1.82) is 0 Å². The van der Waals surface area contributed by atoms with Gasteiger partial charge in [-0.25, -0.2) is 9.48 Å². The highest BCUT2D eigenvalue weighted by Gasteiger charge is 2.12. The molecule has 0 aromatic carbocycles. The van der Waals surface area contributed by atoms with Crippen LogP contribution in [-0.2, 0) is 9.53 Å². The van der Waals surface area contributed by atoms with E-state index in [0.29, 0.717) is 6.26 Å². The van der Waals surface area contributed by atoms with E-state index in [1.54, 1.807) is 19.2 Å². The van der Waals surface area contributed by atoms with Crippen molar-refractivity contribution < 1.29 is 14.6 Å². The third-order valence-corrected chi connectivity index (χ3v) is 1.36. The van der Waals surface area contributed by atoms with Crippen LogP contribution >= 0.6 is 0 Å². The molecule has 1 heterocycles. The zero-order valence-corrected chi connectivity index (χ0v) is 7.17. The topological polar surface area (TPSA) is 64.3 Å². The minimum atomic E-state index is -0.603. The van der Waals surface area contributed by atoms with Gasteiger partial charge in [-0.2, -0.15) is 5.10 Å². The number of carbonyl (C=O) groups is 1. The Morgan fingerprint density at radius 3 is 3.00 bits per heavy atom. The van der Waals surface area contributed by atoms with E-state index in [-0.39, 0.29) is 12.3 Å². The molecule has 0 aliphatic rings. The number of ether oxygens (including phenoxy) is 1. The molecule has 0 saturated heterocycles. The van der Waals surface area contributed by atoms with Gasteiger partial charge in [-0.3, -0.25) is 0 Å². The van der Waals surface area contributed by atoms with E-state index in [0.717, 1.165) is 0 Å². The fourth-order valence-corrected chi connectivity index (χ4v) is 0.822. The van der Waals surface area contributed by atoms with Crippen LogP contribution in [0.1, 0.15) is 6.92 Å². The molecule has 0 fully saturated rings. The maximum absolute atomic E-state index is 11.2. The number of rotatable bonds is 3. The third kappa shape index (κ3) is 2.08. The number of carbonyl (C=O) groups excluding carboxylic acids is 1. The largest absolute Gasteiger partial charge is 0.513 e. The standard InChI is InChI=1S/C8H10N2O3/c1-2-13-8(12)7(6-11)10-5-3-4-9-10/h3-6,11H,2H2,1H3/b7-6-. The van der Waals surface area contributed by atoms with E-state index in [2.05, 4.69) is 5.10 Å². The highest BCUT2D eigenvalue weighted by Crippen LogP contribution is 2.03. The first-order chi connectivity index (χ1) is 6.29. The lowest BCUT2D eigenvalue weighted by molar-refractivity contribution is -0.136. The molecule has 0 aliphatic carbocycles. The summed E-state index contributed by atoms with van der Waals surface area (Å²) in [5, 5.41) is 12.5. The molecule has 5 heteroatoms. The number of hydrogen-bond acceptors (Lipinski definition) is 4. The number of aromatic nitrogens is 2. The van der Waals surface area contributed by atoms with Gasteiger partial charge in [-0.05, 0) is 13.0 Å². The van der Waals surface area contributed by atoms with E-state index < -0.39 is 5.97 Å². The molecule has 0 saturated carbocycles. The highest BCUT2D eigenvalue weighted by atomic mass is 16.5. The second-order valence-electron chi connectivity index (χ2n) is 2.19. The normalized spacial score (nSPS) is 11.3. The van der Waals surface area contributed by atoms with Crippen molar-refractivity contribution in [2.45, 2.75) is 6.92 Å². The summed E-state index contributed by atoms with van der Waals surface area (Å²) in [4.78, 5) is 11.2. The first-order valence-electron chi connectivity index (χ1n) is 3.81. The van der Waals surface area contributed by atoms with Crippen LogP contribution in [0.4, 0.5) is 0 Å². The summed E-state index contributed by atoms with van der Waals surface area (Å²) in [6.07, 6.45) is 3.71. The number of aliphatic hydroxyl groups excluding tert-OH is 1. The maximum Gasteiger partial charge on any atom is 0.360 e. The van der Waals surface area contributed by atoms with Gasteiger partial charge in [0.25, 0.3) is 0 Å². The van der Waals surface area contributed by atoms with Crippen LogP contribution in [0.2, 0.25) is 0 Å². The predicted molar refractivity (Wildman–Crippen MR) is 45.8 cm³/mol. The first-order valence-corrected chi connectivity index (χ1v) is 3.81. The second-order valence-corrected chi connectivity index (χ2v) is 2.19. The molecular formula is C8H10N2O3. The third-order valence-electron chi connectivity index (χ3n) is 1.36. The SMILES string of the molecule is CCOC(=O)/C(=C/O)n1cccn1. The number of nitrogens with zero attached hydrogens (tertiary/aromatic N) is 2. The highest BCUT2D eigenvalue weighted by molar-refractivity contribution is 6.09. The van der Waals surface area contributed by atoms with Crippen molar-refractivity contribution >= 4 is 11.7 Å². The summed E-state index contributed by atoms with van der Waals surface area (Å²) in [7, 11) is 0. The molecule has 1 N–H and O–H groups in total. The quantitative estimate of drug-likeness (QED) is 0.426. The number of esters is 1. The molecule has 0 amide bonds. The van der Waals surface area contributed by atoms with Crippen molar-refractivity contribution in [3.63, 3.8) is 0 Å². The zero-order valence-electron chi connectivity index (χ0n) is 7.17. The minimum absolute atomic E-state index is 0.00755. The summed E-state index contributed by atoms with van der Waals surface area (Å²) in [6.45, 7) is 1.95. The minimum Gasteiger partial charge on any atom is -0.513 e. The lowest BCUT2D eigenvalue weighted by atomic mass is 10.5. The van der Waals surface area contributed by atoms with Gasteiger partial charge in [0.15, 0.2) is 5.70 Å². The monoisotopic (exact) mass is 182 g/mol. The zero-order chi connectivity index (χ0) is 9.68. The first kappa shape index (κ1) is 9.31. The Morgan fingerprint density at radius 1 is 1.77 bits per heavy atom. The Hall–Kier alpha value is -1.78. The Kier molecular flexibility index (Phi) is 3.08. The Bertz CT molecular complexity index is 303. The van der Waals surface area contributed by atoms with Crippen molar-refractivity contribution in [1.82, 2.24) is 9.78 Å². The van der Waals surface area contributed by atoms with Crippen LogP contribution < -0.4 is 0 Å². The van der Waals surface area contributed by atoms with Crippen LogP contribution in [0.3, 0.4) is 0 Å². The van der Waals surface area contributed by atoms with Gasteiger partial charge in [-0.15, -0.1) is 0 Å². The summed E-state index contributed by atoms with van der Waals surface area (Å²) in [5.74, 6) is -0.603. The molecule has 1 aromatic rings. The van der Waals surface area contributed by atoms with E-state index in [1.165, 1.54) is 10.9 Å². The molecule has 5 nitrogen and oxygen atoms in total. The maximum atomic E-state index is 11.2. The van der Waals surface area contributed by atoms with Gasteiger partial charge in [0.05, 0.1) is 6.61 Å². The molecule has 0 bridgehead atoms. The molecule has 70 valence electrons. The van der Waals surface area contributed by atoms with Crippen LogP contribution in [0.15, 0.2) is 24.7 Å². The molecular weight excluding hydrogens is 172 g/mol. The predicted octanol–water partition coefficient (Wildman–Crippen LogP) is 0.803.